The van der Waals surface area contributed by atoms with Gasteiger partial charge in [0.2, 0.25) is 0 Å². The van der Waals surface area contributed by atoms with Gasteiger partial charge in [-0.15, -0.1) is 0 Å². The van der Waals surface area contributed by atoms with Crippen LogP contribution in [0.15, 0.2) is 29.3 Å². The minimum atomic E-state index is 0.698. The van der Waals surface area contributed by atoms with E-state index in [1.807, 2.05) is 0 Å². The Morgan fingerprint density at radius 2 is 2.00 bits per heavy atom. The van der Waals surface area contributed by atoms with Crippen LogP contribution in [-0.2, 0) is 0 Å². The van der Waals surface area contributed by atoms with Crippen molar-refractivity contribution in [3.8, 4) is 0 Å². The number of rotatable bonds is 1. The average molecular weight is 325 g/mol. The molecule has 1 nitrogen and oxygen atoms in total. The molecule has 1 aromatic rings. The summed E-state index contributed by atoms with van der Waals surface area (Å²) in [7, 11) is 0. The molecule has 0 aromatic heterocycles. The number of hydrogen-bond acceptors (Lipinski definition) is 1. The summed E-state index contributed by atoms with van der Waals surface area (Å²) in [6, 6.07) is 6.71. The van der Waals surface area contributed by atoms with Crippen molar-refractivity contribution >= 4 is 28.6 Å². The number of nitrogens with one attached hydrogen (secondary N) is 1. The van der Waals surface area contributed by atoms with Crippen molar-refractivity contribution in [2.75, 3.05) is 3.53 Å². The third-order valence-electron chi connectivity index (χ3n) is 4.04. The van der Waals surface area contributed by atoms with Crippen LogP contribution < -0.4 is 3.53 Å². The van der Waals surface area contributed by atoms with E-state index in [9.17, 15) is 0 Å². The summed E-state index contributed by atoms with van der Waals surface area (Å²) in [6.07, 6.45) is 2.69. The van der Waals surface area contributed by atoms with Gasteiger partial charge in [-0.2, -0.15) is 0 Å². The fraction of sp³-hybridized carbons (Fsp3) is 0.429. The average Bonchev–Trinajstić information content (AvgIpc) is 2.84. The lowest BCUT2D eigenvalue weighted by molar-refractivity contribution is 0.719. The molecule has 1 fully saturated rings. The molecular formula is C14H16IN. The van der Waals surface area contributed by atoms with Crippen LogP contribution in [0.1, 0.15) is 49.7 Å². The van der Waals surface area contributed by atoms with Crippen LogP contribution in [0.4, 0.5) is 5.69 Å². The Labute approximate surface area is 111 Å². The molecule has 2 aliphatic rings. The predicted molar refractivity (Wildman–Crippen MR) is 77.2 cm³/mol. The quantitative estimate of drug-likeness (QED) is 0.446. The van der Waals surface area contributed by atoms with Crippen molar-refractivity contribution in [2.45, 2.75) is 38.5 Å². The van der Waals surface area contributed by atoms with Crippen LogP contribution in [-0.4, -0.2) is 0 Å². The maximum atomic E-state index is 3.32. The molecule has 0 aliphatic heterocycles. The number of benzene rings is 1. The molecule has 1 N–H and O–H groups in total. The van der Waals surface area contributed by atoms with Crippen molar-refractivity contribution in [3.05, 3.63) is 40.5 Å². The Morgan fingerprint density at radius 3 is 2.69 bits per heavy atom. The zero-order valence-corrected chi connectivity index (χ0v) is 11.8. The van der Waals surface area contributed by atoms with Crippen LogP contribution in [0.2, 0.25) is 0 Å². The highest BCUT2D eigenvalue weighted by atomic mass is 127. The topological polar surface area (TPSA) is 12.0 Å². The van der Waals surface area contributed by atoms with E-state index >= 15 is 0 Å². The number of hydrogen-bond donors (Lipinski definition) is 1. The second-order valence-electron chi connectivity index (χ2n) is 5.04. The summed E-state index contributed by atoms with van der Waals surface area (Å²) in [5, 5.41) is 0. The summed E-state index contributed by atoms with van der Waals surface area (Å²) in [5.41, 5.74) is 7.71. The molecule has 2 aliphatic carbocycles. The molecule has 2 bridgehead atoms. The first-order valence-electron chi connectivity index (χ1n) is 5.90. The zero-order chi connectivity index (χ0) is 11.3. The SMILES string of the molecule is CC(C)=C1C2CCC1c1c(NI)cccc12. The highest BCUT2D eigenvalue weighted by Gasteiger charge is 2.42. The molecule has 0 spiro atoms. The Hall–Kier alpha value is -0.510. The molecule has 2 heteroatoms. The van der Waals surface area contributed by atoms with Gasteiger partial charge in [0.15, 0.2) is 0 Å². The third kappa shape index (κ3) is 1.28. The summed E-state index contributed by atoms with van der Waals surface area (Å²) in [4.78, 5) is 0. The van der Waals surface area contributed by atoms with Crippen LogP contribution in [0.3, 0.4) is 0 Å². The number of allylic oxidation sites excluding steroid dienone is 2. The van der Waals surface area contributed by atoms with E-state index in [2.05, 4.69) is 58.4 Å². The first-order chi connectivity index (χ1) is 7.74. The van der Waals surface area contributed by atoms with Gasteiger partial charge < -0.3 is 3.53 Å². The van der Waals surface area contributed by atoms with E-state index in [1.54, 1.807) is 16.7 Å². The van der Waals surface area contributed by atoms with Gasteiger partial charge in [0, 0.05) is 17.5 Å². The summed E-state index contributed by atoms with van der Waals surface area (Å²) in [5.74, 6) is 1.41. The summed E-state index contributed by atoms with van der Waals surface area (Å²) in [6.45, 7) is 4.54. The molecule has 16 heavy (non-hydrogen) atoms. The van der Waals surface area contributed by atoms with Crippen LogP contribution in [0.25, 0.3) is 0 Å². The minimum Gasteiger partial charge on any atom is -0.328 e. The van der Waals surface area contributed by atoms with Gasteiger partial charge >= 0.3 is 0 Å². The highest BCUT2D eigenvalue weighted by molar-refractivity contribution is 14.1. The lowest BCUT2D eigenvalue weighted by Crippen LogP contribution is -2.00. The Balaban J connectivity index is 2.23. The van der Waals surface area contributed by atoms with E-state index in [4.69, 9.17) is 0 Å². The molecule has 1 aromatic carbocycles. The summed E-state index contributed by atoms with van der Waals surface area (Å²) >= 11 is 2.25. The second kappa shape index (κ2) is 3.76. The van der Waals surface area contributed by atoms with Crippen molar-refractivity contribution in [3.63, 3.8) is 0 Å². The first-order valence-corrected chi connectivity index (χ1v) is 6.98. The van der Waals surface area contributed by atoms with E-state index in [1.165, 1.54) is 24.1 Å². The first kappa shape index (κ1) is 10.6. The monoisotopic (exact) mass is 325 g/mol. The largest absolute Gasteiger partial charge is 0.328 e. The van der Waals surface area contributed by atoms with E-state index in [0.29, 0.717) is 5.92 Å². The van der Waals surface area contributed by atoms with Crippen LogP contribution in [0.5, 0.6) is 0 Å². The van der Waals surface area contributed by atoms with Gasteiger partial charge in [-0.3, -0.25) is 0 Å². The molecular weight excluding hydrogens is 309 g/mol. The van der Waals surface area contributed by atoms with Crippen molar-refractivity contribution < 1.29 is 0 Å². The van der Waals surface area contributed by atoms with Crippen molar-refractivity contribution in [1.29, 1.82) is 0 Å². The molecule has 1 saturated carbocycles. The number of anilines is 1. The van der Waals surface area contributed by atoms with E-state index in [-0.39, 0.29) is 0 Å². The standard InChI is InChI=1S/C14H16IN/c1-8(2)13-10-6-7-11(13)14-9(10)4-3-5-12(14)16-15/h3-5,10-11,16H,6-7H2,1-2H3. The second-order valence-corrected chi connectivity index (χ2v) is 5.58. The van der Waals surface area contributed by atoms with Gasteiger partial charge in [-0.25, -0.2) is 0 Å². The number of halogens is 1. The summed E-state index contributed by atoms with van der Waals surface area (Å²) < 4.78 is 3.32. The minimum absolute atomic E-state index is 0.698. The van der Waals surface area contributed by atoms with Gasteiger partial charge in [0.05, 0.1) is 22.9 Å². The Bertz CT molecular complexity index is 472. The van der Waals surface area contributed by atoms with Gasteiger partial charge in [0.25, 0.3) is 0 Å². The highest BCUT2D eigenvalue weighted by Crippen LogP contribution is 2.59. The molecule has 3 rings (SSSR count). The Morgan fingerprint density at radius 1 is 1.25 bits per heavy atom. The molecule has 0 saturated heterocycles. The fourth-order valence-electron chi connectivity index (χ4n) is 3.57. The lowest BCUT2D eigenvalue weighted by Gasteiger charge is -2.17. The maximum Gasteiger partial charge on any atom is 0.0560 e. The lowest BCUT2D eigenvalue weighted by atomic mass is 9.91. The molecule has 2 atom stereocenters. The van der Waals surface area contributed by atoms with Crippen molar-refractivity contribution in [2.24, 2.45) is 0 Å². The van der Waals surface area contributed by atoms with Crippen LogP contribution >= 0.6 is 22.9 Å². The molecule has 2 unspecified atom stereocenters. The smallest absolute Gasteiger partial charge is 0.0560 e. The van der Waals surface area contributed by atoms with Crippen LogP contribution in [0, 0.1) is 0 Å². The van der Waals surface area contributed by atoms with Gasteiger partial charge in [-0.05, 0) is 43.9 Å². The molecule has 84 valence electrons. The van der Waals surface area contributed by atoms with Gasteiger partial charge in [0.1, 0.15) is 0 Å². The molecule has 0 amide bonds. The molecule has 0 heterocycles. The fourth-order valence-corrected chi connectivity index (χ4v) is 4.04. The van der Waals surface area contributed by atoms with Crippen molar-refractivity contribution in [1.82, 2.24) is 0 Å². The third-order valence-corrected chi connectivity index (χ3v) is 4.62. The molecule has 0 radical (unpaired) electrons. The van der Waals surface area contributed by atoms with E-state index < -0.39 is 0 Å². The normalized spacial score (nSPS) is 25.8. The van der Waals surface area contributed by atoms with E-state index in [0.717, 1.165) is 5.92 Å². The Kier molecular flexibility index (Phi) is 2.50. The number of fused-ring (bicyclic) bond motifs is 5. The zero-order valence-electron chi connectivity index (χ0n) is 9.68. The van der Waals surface area contributed by atoms with Gasteiger partial charge in [-0.1, -0.05) is 23.3 Å². The predicted octanol–water partition coefficient (Wildman–Crippen LogP) is 4.76. The maximum absolute atomic E-state index is 3.32.